The molecule has 0 aliphatic carbocycles. The zero-order valence-electron chi connectivity index (χ0n) is 12.7. The highest BCUT2D eigenvalue weighted by Gasteiger charge is 2.38. The maximum absolute atomic E-state index is 12.4. The lowest BCUT2D eigenvalue weighted by molar-refractivity contribution is -0.142. The van der Waals surface area contributed by atoms with Crippen LogP contribution in [-0.4, -0.2) is 44.1 Å². The first kappa shape index (κ1) is 21.0. The van der Waals surface area contributed by atoms with Crippen molar-refractivity contribution < 1.29 is 42.8 Å². The standard InChI is InChI=1S/C14H15F3NO6P/c15-14(16,17)10-2-4-11(5-3-10)18-8-25(23,24)7-9(13(21)22)1-6-12(19)20/h2-5,8-9,23-24H,1,6-7H2,(H-,19,20,21,22)/p+1. The number of rotatable bonds is 8. The number of carbonyl (C=O) groups is 2. The van der Waals surface area contributed by atoms with Gasteiger partial charge in [0.25, 0.3) is 0 Å². The summed E-state index contributed by atoms with van der Waals surface area (Å²) < 4.78 is 37.3. The van der Waals surface area contributed by atoms with Gasteiger partial charge in [0.1, 0.15) is 6.16 Å². The predicted octanol–water partition coefficient (Wildman–Crippen LogP) is 2.76. The van der Waals surface area contributed by atoms with E-state index in [1.54, 1.807) is 0 Å². The van der Waals surface area contributed by atoms with E-state index in [0.29, 0.717) is 5.96 Å². The Bertz CT molecular complexity index is 645. The molecule has 11 heteroatoms. The molecule has 1 aromatic carbocycles. The molecule has 7 nitrogen and oxygen atoms in total. The van der Waals surface area contributed by atoms with Gasteiger partial charge >= 0.3 is 25.8 Å². The van der Waals surface area contributed by atoms with Crippen molar-refractivity contribution in [3.05, 3.63) is 29.8 Å². The van der Waals surface area contributed by atoms with Gasteiger partial charge in [-0.15, -0.1) is 0 Å². The lowest BCUT2D eigenvalue weighted by atomic mass is 10.1. The van der Waals surface area contributed by atoms with Gasteiger partial charge in [0, 0.05) is 6.42 Å². The number of benzene rings is 1. The summed E-state index contributed by atoms with van der Waals surface area (Å²) in [4.78, 5) is 44.9. The minimum atomic E-state index is -4.51. The molecule has 0 spiro atoms. The maximum atomic E-state index is 12.4. The summed E-state index contributed by atoms with van der Waals surface area (Å²) in [6.45, 7) is 0. The van der Waals surface area contributed by atoms with E-state index in [4.69, 9.17) is 10.2 Å². The minimum Gasteiger partial charge on any atom is -0.481 e. The molecule has 1 aromatic rings. The van der Waals surface area contributed by atoms with Crippen LogP contribution in [0.15, 0.2) is 29.3 Å². The number of aliphatic carboxylic acids is 2. The van der Waals surface area contributed by atoms with Crippen molar-refractivity contribution in [3.63, 3.8) is 0 Å². The lowest BCUT2D eigenvalue weighted by Crippen LogP contribution is -2.21. The minimum absolute atomic E-state index is 0.0258. The Labute approximate surface area is 141 Å². The van der Waals surface area contributed by atoms with Crippen molar-refractivity contribution in [3.8, 4) is 0 Å². The molecule has 0 amide bonds. The average molecular weight is 382 g/mol. The van der Waals surface area contributed by atoms with Crippen molar-refractivity contribution in [1.29, 1.82) is 0 Å². The van der Waals surface area contributed by atoms with Gasteiger partial charge in [-0.25, -0.2) is 14.8 Å². The van der Waals surface area contributed by atoms with Crippen LogP contribution in [0, 0.1) is 5.92 Å². The third kappa shape index (κ3) is 7.59. The summed E-state index contributed by atoms with van der Waals surface area (Å²) in [5.74, 6) is -3.19. The largest absolute Gasteiger partial charge is 0.481 e. The molecular formula is C14H16F3NO6P+. The second kappa shape index (κ2) is 8.37. The van der Waals surface area contributed by atoms with Gasteiger partial charge in [0.05, 0.1) is 17.2 Å². The number of aliphatic imine (C=N–C) groups is 1. The molecule has 1 atom stereocenters. The Morgan fingerprint density at radius 2 is 1.72 bits per heavy atom. The number of carboxylic acid groups (broad SMARTS) is 2. The lowest BCUT2D eigenvalue weighted by Gasteiger charge is -2.13. The monoisotopic (exact) mass is 382 g/mol. The first-order chi connectivity index (χ1) is 11.4. The van der Waals surface area contributed by atoms with E-state index in [1.807, 2.05) is 0 Å². The van der Waals surface area contributed by atoms with Crippen LogP contribution in [0.5, 0.6) is 0 Å². The molecule has 0 saturated carbocycles. The van der Waals surface area contributed by atoms with Gasteiger partial charge < -0.3 is 10.2 Å². The van der Waals surface area contributed by atoms with Crippen LogP contribution in [0.4, 0.5) is 18.9 Å². The van der Waals surface area contributed by atoms with E-state index in [1.165, 1.54) is 0 Å². The predicted molar refractivity (Wildman–Crippen MR) is 83.8 cm³/mol. The van der Waals surface area contributed by atoms with E-state index in [9.17, 15) is 32.5 Å². The van der Waals surface area contributed by atoms with Gasteiger partial charge in [0.2, 0.25) is 5.96 Å². The number of halogens is 3. The van der Waals surface area contributed by atoms with Crippen LogP contribution in [0.2, 0.25) is 0 Å². The van der Waals surface area contributed by atoms with Gasteiger partial charge in [-0.1, -0.05) is 0 Å². The average Bonchev–Trinajstić information content (AvgIpc) is 2.48. The Morgan fingerprint density at radius 3 is 2.16 bits per heavy atom. The molecule has 4 N–H and O–H groups in total. The summed E-state index contributed by atoms with van der Waals surface area (Å²) in [6, 6.07) is 3.60. The Hall–Kier alpha value is -2.03. The van der Waals surface area contributed by atoms with Gasteiger partial charge in [-0.3, -0.25) is 9.59 Å². The van der Waals surface area contributed by atoms with E-state index < -0.39 is 49.9 Å². The van der Waals surface area contributed by atoms with Gasteiger partial charge in [-0.2, -0.15) is 13.2 Å². The van der Waals surface area contributed by atoms with Crippen LogP contribution in [0.1, 0.15) is 18.4 Å². The molecule has 25 heavy (non-hydrogen) atoms. The first-order valence-corrected chi connectivity index (χ1v) is 8.86. The molecule has 0 aliphatic rings. The molecular weight excluding hydrogens is 366 g/mol. The van der Waals surface area contributed by atoms with E-state index in [2.05, 4.69) is 4.99 Å². The van der Waals surface area contributed by atoms with Crippen molar-refractivity contribution in [2.45, 2.75) is 19.0 Å². The fraction of sp³-hybridized carbons (Fsp3) is 0.357. The second-order valence-electron chi connectivity index (χ2n) is 5.23. The zero-order chi connectivity index (χ0) is 19.3. The molecule has 1 rings (SSSR count). The number of hydrogen-bond donors (Lipinski definition) is 4. The summed E-state index contributed by atoms with van der Waals surface area (Å²) in [5, 5.41) is 17.6. The Morgan fingerprint density at radius 1 is 1.16 bits per heavy atom. The normalized spacial score (nSPS) is 13.8. The topological polar surface area (TPSA) is 127 Å². The van der Waals surface area contributed by atoms with Crippen molar-refractivity contribution in [2.24, 2.45) is 10.9 Å². The Kier molecular flexibility index (Phi) is 7.04. The van der Waals surface area contributed by atoms with E-state index in [-0.39, 0.29) is 12.1 Å². The summed E-state index contributed by atoms with van der Waals surface area (Å²) in [5.41, 5.74) is -0.863. The fourth-order valence-electron chi connectivity index (χ4n) is 1.86. The molecule has 0 fully saturated rings. The number of alkyl halides is 3. The van der Waals surface area contributed by atoms with Gasteiger partial charge in [0.15, 0.2) is 0 Å². The van der Waals surface area contributed by atoms with Crippen molar-refractivity contribution >= 4 is 31.3 Å². The highest BCUT2D eigenvalue weighted by molar-refractivity contribution is 7.79. The summed E-state index contributed by atoms with van der Waals surface area (Å²) in [7, 11) is -3.91. The number of carboxylic acids is 2. The van der Waals surface area contributed by atoms with Crippen LogP contribution < -0.4 is 0 Å². The molecule has 1 unspecified atom stereocenters. The number of nitrogens with zero attached hydrogens (tertiary/aromatic N) is 1. The Balaban J connectivity index is 2.79. The van der Waals surface area contributed by atoms with Gasteiger partial charge in [-0.05, 0) is 30.7 Å². The van der Waals surface area contributed by atoms with Crippen LogP contribution in [0.3, 0.4) is 0 Å². The number of hydrogen-bond acceptors (Lipinski definition) is 5. The molecule has 0 aliphatic heterocycles. The fourth-order valence-corrected chi connectivity index (χ4v) is 3.26. The molecule has 0 bridgehead atoms. The molecule has 0 saturated heterocycles. The zero-order valence-corrected chi connectivity index (χ0v) is 13.6. The maximum Gasteiger partial charge on any atom is 0.416 e. The van der Waals surface area contributed by atoms with Crippen molar-refractivity contribution in [1.82, 2.24) is 0 Å². The highest BCUT2D eigenvalue weighted by Crippen LogP contribution is 2.49. The summed E-state index contributed by atoms with van der Waals surface area (Å²) in [6.07, 6.45) is -5.86. The quantitative estimate of drug-likeness (QED) is 0.404. The first-order valence-electron chi connectivity index (χ1n) is 6.91. The van der Waals surface area contributed by atoms with Crippen LogP contribution in [-0.2, 0) is 15.8 Å². The molecule has 0 aromatic heterocycles. The van der Waals surface area contributed by atoms with Crippen LogP contribution >= 0.6 is 7.72 Å². The summed E-state index contributed by atoms with van der Waals surface area (Å²) >= 11 is 0. The second-order valence-corrected chi connectivity index (χ2v) is 7.39. The third-order valence-corrected chi connectivity index (χ3v) is 4.59. The van der Waals surface area contributed by atoms with E-state index >= 15 is 0 Å². The molecule has 138 valence electrons. The van der Waals surface area contributed by atoms with Crippen LogP contribution in [0.25, 0.3) is 0 Å². The molecule has 0 heterocycles. The smallest absolute Gasteiger partial charge is 0.416 e. The van der Waals surface area contributed by atoms with E-state index in [0.717, 1.165) is 24.3 Å². The molecule has 0 radical (unpaired) electrons. The third-order valence-electron chi connectivity index (χ3n) is 3.13. The highest BCUT2D eigenvalue weighted by atomic mass is 31.2. The van der Waals surface area contributed by atoms with Crippen molar-refractivity contribution in [2.75, 3.05) is 6.16 Å². The SMILES string of the molecule is O=C(O)CCC(C[P+](O)(O)C=Nc1ccc(C(F)(F)F)cc1)C(=O)O.